The van der Waals surface area contributed by atoms with Crippen LogP contribution >= 0.6 is 0 Å². The van der Waals surface area contributed by atoms with Crippen molar-refractivity contribution in [2.75, 3.05) is 0 Å². The van der Waals surface area contributed by atoms with Crippen LogP contribution in [0, 0.1) is 0 Å². The molecule has 0 N–H and O–H groups in total. The van der Waals surface area contributed by atoms with Gasteiger partial charge in [-0.2, -0.15) is 4.79 Å². The molecule has 3 nitrogen and oxygen atoms in total. The average Bonchev–Trinajstić information content (AvgIpc) is 1.39. The second kappa shape index (κ2) is 44.5. The lowest BCUT2D eigenvalue weighted by atomic mass is 11.2. The van der Waals surface area contributed by atoms with Crippen molar-refractivity contribution in [2.24, 2.45) is 0 Å². The molecule has 0 bridgehead atoms. The van der Waals surface area contributed by atoms with Gasteiger partial charge in [0.15, 0.2) is 0 Å². The summed E-state index contributed by atoms with van der Waals surface area (Å²) in [5.74, 6) is 1.25. The maximum Gasteiger partial charge on any atom is 0.245 e. The van der Waals surface area contributed by atoms with E-state index in [9.17, 15) is 0 Å². The molecule has 0 aromatic carbocycles. The van der Waals surface area contributed by atoms with Gasteiger partial charge in [0.25, 0.3) is 0 Å². The fourth-order valence-electron chi connectivity index (χ4n) is 0. The Morgan fingerprint density at radius 1 is 1.83 bits per heavy atom. The monoisotopic (exact) mass is 84.0 g/mol. The Hall–Kier alpha value is -1.17. The van der Waals surface area contributed by atoms with Crippen molar-refractivity contribution in [3.8, 4) is 0 Å². The Bertz CT molecular complexity index is 62.8. The molecule has 0 saturated heterocycles. The molecule has 0 amide bonds. The Morgan fingerprint density at radius 2 is 1.83 bits per heavy atom. The van der Waals surface area contributed by atoms with E-state index in [2.05, 4.69) is 18.1 Å². The third kappa shape index (κ3) is 6.92. The molecule has 0 heterocycles. The van der Waals surface area contributed by atoms with E-state index >= 15 is 0 Å². The Labute approximate surface area is 35.5 Å². The van der Waals surface area contributed by atoms with Crippen LogP contribution in [0.3, 0.4) is 0 Å². The number of rotatable bonds is 0. The van der Waals surface area contributed by atoms with Crippen LogP contribution < -0.4 is 0 Å². The Balaban J connectivity index is 0. The average molecular weight is 84.1 g/mol. The van der Waals surface area contributed by atoms with E-state index in [1.807, 2.05) is 0 Å². The first-order chi connectivity index (χ1) is 2.83. The molecule has 0 aliphatic carbocycles. The molecule has 32 valence electrons. The zero-order valence-electron chi connectivity index (χ0n) is 3.22. The van der Waals surface area contributed by atoms with Gasteiger partial charge in [0.05, 0.1) is 0 Å². The van der Waals surface area contributed by atoms with Gasteiger partial charge < -0.3 is 5.53 Å². The molecule has 0 saturated carbocycles. The lowest BCUT2D eigenvalue weighted by Gasteiger charge is -1.16. The number of nitrogens with zero attached hydrogens (tertiary/aromatic N) is 2. The molecule has 0 aromatic heterocycles. The molecule has 0 unspecified atom stereocenters. The lowest BCUT2D eigenvalue weighted by Crippen LogP contribution is -1.21. The van der Waals surface area contributed by atoms with Crippen molar-refractivity contribution in [3.63, 3.8) is 0 Å². The minimum Gasteiger partial charge on any atom is -0.362 e. The van der Waals surface area contributed by atoms with Crippen LogP contribution in [0.2, 0.25) is 0 Å². The Morgan fingerprint density at radius 3 is 1.83 bits per heavy atom. The highest BCUT2D eigenvalue weighted by Gasteiger charge is 1.01. The zero-order valence-corrected chi connectivity index (χ0v) is 3.22. The number of carbonyl (C=O) groups excluding carboxylic acids is 1. The van der Waals surface area contributed by atoms with E-state index in [0.29, 0.717) is 0 Å². The second-order valence-corrected chi connectivity index (χ2v) is 0.286. The number of hydrogen-bond donors (Lipinski definition) is 0. The van der Waals surface area contributed by atoms with Crippen LogP contribution in [0.4, 0.5) is 0 Å². The SMILES string of the molecule is C=C=O.C=[N+]=[N-]. The van der Waals surface area contributed by atoms with E-state index < -0.39 is 0 Å². The van der Waals surface area contributed by atoms with Gasteiger partial charge in [0.1, 0.15) is 5.94 Å². The normalized spacial score (nSPS) is 2.67. The van der Waals surface area contributed by atoms with Gasteiger partial charge in [-0.05, 0) is 6.58 Å². The zero-order chi connectivity index (χ0) is 5.41. The summed E-state index contributed by atoms with van der Waals surface area (Å²) in [5.41, 5.74) is 7.08. The maximum absolute atomic E-state index is 8.57. The van der Waals surface area contributed by atoms with Gasteiger partial charge in [0, 0.05) is 0 Å². The molecule has 0 atom stereocenters. The van der Waals surface area contributed by atoms with Crippen LogP contribution in [0.1, 0.15) is 0 Å². The van der Waals surface area contributed by atoms with Gasteiger partial charge in [-0.1, -0.05) is 0 Å². The van der Waals surface area contributed by atoms with E-state index in [-0.39, 0.29) is 0 Å². The number of hydrogen-bond acceptors (Lipinski definition) is 1. The highest BCUT2D eigenvalue weighted by Crippen LogP contribution is 0.902. The first-order valence-corrected chi connectivity index (χ1v) is 1.07. The van der Waals surface area contributed by atoms with Crippen molar-refractivity contribution in [1.29, 1.82) is 0 Å². The first-order valence-electron chi connectivity index (χ1n) is 1.07. The molecule has 0 aromatic rings. The fourth-order valence-corrected chi connectivity index (χ4v) is 0. The van der Waals surface area contributed by atoms with E-state index in [1.54, 1.807) is 0 Å². The van der Waals surface area contributed by atoms with E-state index in [4.69, 9.17) is 10.3 Å². The van der Waals surface area contributed by atoms with Crippen LogP contribution in [-0.2, 0) is 4.79 Å². The summed E-state index contributed by atoms with van der Waals surface area (Å²) in [7, 11) is 0. The van der Waals surface area contributed by atoms with Crippen molar-refractivity contribution in [2.45, 2.75) is 0 Å². The van der Waals surface area contributed by atoms with E-state index in [1.165, 1.54) is 5.94 Å². The lowest BCUT2D eigenvalue weighted by molar-refractivity contribution is 0.0110. The fraction of sp³-hybridized carbons (Fsp3) is 0. The van der Waals surface area contributed by atoms with Crippen molar-refractivity contribution >= 4 is 12.7 Å². The van der Waals surface area contributed by atoms with Crippen LogP contribution in [0.5, 0.6) is 0 Å². The predicted molar refractivity (Wildman–Crippen MR) is 22.1 cm³/mol. The molecule has 0 rings (SSSR count). The molecule has 0 spiro atoms. The largest absolute Gasteiger partial charge is 0.362 e. The molecular weight excluding hydrogens is 80.0 g/mol. The molecular formula is C3H4N2O. The highest BCUT2D eigenvalue weighted by atomic mass is 16.1. The third-order valence-electron chi connectivity index (χ3n) is 0. The molecule has 0 fully saturated rings. The van der Waals surface area contributed by atoms with Gasteiger partial charge in [-0.3, -0.25) is 0 Å². The van der Waals surface area contributed by atoms with E-state index in [0.717, 1.165) is 0 Å². The molecule has 6 heavy (non-hydrogen) atoms. The van der Waals surface area contributed by atoms with Gasteiger partial charge in [-0.15, -0.1) is 0 Å². The minimum absolute atomic E-state index is 1.25. The predicted octanol–water partition coefficient (Wildman–Crippen LogP) is -0.0792. The summed E-state index contributed by atoms with van der Waals surface area (Å²) in [4.78, 5) is 10.8. The molecule has 0 radical (unpaired) electrons. The van der Waals surface area contributed by atoms with Crippen molar-refractivity contribution < 1.29 is 9.58 Å². The topological polar surface area (TPSA) is 53.5 Å². The second-order valence-electron chi connectivity index (χ2n) is 0.286. The minimum atomic E-state index is 1.25. The summed E-state index contributed by atoms with van der Waals surface area (Å²) < 4.78 is 0. The quantitative estimate of drug-likeness (QED) is 0.175. The van der Waals surface area contributed by atoms with Crippen LogP contribution in [-0.4, -0.2) is 17.4 Å². The van der Waals surface area contributed by atoms with Crippen molar-refractivity contribution in [3.05, 3.63) is 12.1 Å². The van der Waals surface area contributed by atoms with Gasteiger partial charge in [-0.25, -0.2) is 4.79 Å². The molecule has 0 aliphatic rings. The van der Waals surface area contributed by atoms with Crippen LogP contribution in [0.25, 0.3) is 5.53 Å². The van der Waals surface area contributed by atoms with Gasteiger partial charge in [0.2, 0.25) is 6.72 Å². The Kier molecular flexibility index (Phi) is 65.7. The summed E-state index contributed by atoms with van der Waals surface area (Å²) >= 11 is 0. The summed E-state index contributed by atoms with van der Waals surface area (Å²) in [5, 5.41) is 0. The summed E-state index contributed by atoms with van der Waals surface area (Å²) in [6.45, 7) is 5.35. The van der Waals surface area contributed by atoms with Gasteiger partial charge >= 0.3 is 0 Å². The first kappa shape index (κ1) is 8.85. The highest BCUT2D eigenvalue weighted by molar-refractivity contribution is 5.38. The smallest absolute Gasteiger partial charge is 0.245 e. The summed E-state index contributed by atoms with van der Waals surface area (Å²) in [6, 6.07) is 0. The van der Waals surface area contributed by atoms with Crippen LogP contribution in [0.15, 0.2) is 6.58 Å². The third-order valence-corrected chi connectivity index (χ3v) is 0. The van der Waals surface area contributed by atoms with Crippen molar-refractivity contribution in [1.82, 2.24) is 0 Å². The maximum atomic E-state index is 8.57. The summed E-state index contributed by atoms with van der Waals surface area (Å²) in [6.07, 6.45) is 0. The molecule has 0 aliphatic heterocycles. The standard InChI is InChI=1S/C2H2O.CH2N2/c1-2-3;1-3-2/h2*1H2. The molecule has 3 heteroatoms.